The molecule has 1 aromatic heterocycles. The van der Waals surface area contributed by atoms with E-state index in [1.165, 1.54) is 5.56 Å². The number of pyridine rings is 1. The third-order valence-electron chi connectivity index (χ3n) is 2.15. The third kappa shape index (κ3) is 3.21. The van der Waals surface area contributed by atoms with Crippen LogP contribution in [0.15, 0.2) is 23.3 Å². The average Bonchev–Trinajstić information content (AvgIpc) is 2.31. The van der Waals surface area contributed by atoms with Gasteiger partial charge in [0, 0.05) is 13.2 Å². The molecule has 0 aliphatic rings. The van der Waals surface area contributed by atoms with Gasteiger partial charge in [-0.25, -0.2) is 5.84 Å². The number of hydrazine groups is 1. The van der Waals surface area contributed by atoms with Gasteiger partial charge in [-0.05, 0) is 18.1 Å². The zero-order valence-corrected chi connectivity index (χ0v) is 9.12. The van der Waals surface area contributed by atoms with Crippen molar-refractivity contribution in [2.24, 2.45) is 10.8 Å². The van der Waals surface area contributed by atoms with Gasteiger partial charge in [0.15, 0.2) is 0 Å². The molecule has 0 aromatic carbocycles. The van der Waals surface area contributed by atoms with Gasteiger partial charge in [-0.15, -0.1) is 0 Å². The lowest BCUT2D eigenvalue weighted by Crippen LogP contribution is -2.41. The first-order valence-electron chi connectivity index (χ1n) is 4.91. The molecule has 1 aromatic rings. The first-order chi connectivity index (χ1) is 7.31. The number of nitrogens with two attached hydrogens (primary N) is 1. The maximum Gasteiger partial charge on any atom is 0.205 e. The Kier molecular flexibility index (Phi) is 4.56. The molecule has 1 heterocycles. The summed E-state index contributed by atoms with van der Waals surface area (Å²) in [5.74, 6) is 5.81. The molecule has 0 fully saturated rings. The summed E-state index contributed by atoms with van der Waals surface area (Å²) in [6.07, 6.45) is 2.76. The maximum atomic E-state index is 5.25. The van der Waals surface area contributed by atoms with Crippen LogP contribution in [0.1, 0.15) is 18.2 Å². The number of guanidine groups is 1. The summed E-state index contributed by atoms with van der Waals surface area (Å²) in [4.78, 5) is 8.22. The van der Waals surface area contributed by atoms with Crippen LogP contribution in [0.3, 0.4) is 0 Å². The smallest absolute Gasteiger partial charge is 0.205 e. The van der Waals surface area contributed by atoms with E-state index in [1.54, 1.807) is 13.2 Å². The molecule has 0 atom stereocenters. The van der Waals surface area contributed by atoms with Gasteiger partial charge in [-0.2, -0.15) is 0 Å². The van der Waals surface area contributed by atoms with Crippen LogP contribution < -0.4 is 16.6 Å². The molecule has 0 radical (unpaired) electrons. The van der Waals surface area contributed by atoms with Crippen molar-refractivity contribution in [1.82, 2.24) is 15.7 Å². The molecule has 82 valence electrons. The zero-order valence-electron chi connectivity index (χ0n) is 9.12. The molecule has 0 unspecified atom stereocenters. The summed E-state index contributed by atoms with van der Waals surface area (Å²) in [6, 6.07) is 4.01. The second kappa shape index (κ2) is 5.98. The molecule has 5 heteroatoms. The quantitative estimate of drug-likeness (QED) is 0.286. The Hall–Kier alpha value is -1.62. The highest BCUT2D eigenvalue weighted by Gasteiger charge is 2.01. The molecule has 0 bridgehead atoms. The minimum absolute atomic E-state index is 0.558. The molecule has 0 saturated carbocycles. The average molecular weight is 207 g/mol. The van der Waals surface area contributed by atoms with Gasteiger partial charge in [0.25, 0.3) is 0 Å². The number of nitrogens with zero attached hydrogens (tertiary/aromatic N) is 2. The van der Waals surface area contributed by atoms with E-state index in [-0.39, 0.29) is 0 Å². The number of aromatic nitrogens is 1. The van der Waals surface area contributed by atoms with Crippen molar-refractivity contribution >= 4 is 5.96 Å². The Labute approximate surface area is 89.8 Å². The van der Waals surface area contributed by atoms with Crippen molar-refractivity contribution in [3.63, 3.8) is 0 Å². The fourth-order valence-corrected chi connectivity index (χ4v) is 1.31. The van der Waals surface area contributed by atoms with Crippen LogP contribution in [0, 0.1) is 0 Å². The van der Waals surface area contributed by atoms with Crippen molar-refractivity contribution in [3.05, 3.63) is 29.6 Å². The summed E-state index contributed by atoms with van der Waals surface area (Å²) < 4.78 is 0. The molecular formula is C10H17N5. The first kappa shape index (κ1) is 11.5. The molecule has 4 N–H and O–H groups in total. The van der Waals surface area contributed by atoms with Crippen molar-refractivity contribution < 1.29 is 0 Å². The van der Waals surface area contributed by atoms with Crippen LogP contribution in [-0.2, 0) is 13.0 Å². The van der Waals surface area contributed by atoms with E-state index in [2.05, 4.69) is 33.7 Å². The van der Waals surface area contributed by atoms with Gasteiger partial charge >= 0.3 is 0 Å². The summed E-state index contributed by atoms with van der Waals surface area (Å²) in [7, 11) is 1.67. The van der Waals surface area contributed by atoms with Crippen molar-refractivity contribution in [2.45, 2.75) is 19.9 Å². The van der Waals surface area contributed by atoms with Crippen molar-refractivity contribution in [1.29, 1.82) is 0 Å². The first-order valence-corrected chi connectivity index (χ1v) is 4.91. The van der Waals surface area contributed by atoms with E-state index in [4.69, 9.17) is 5.84 Å². The molecule has 0 aliphatic carbocycles. The predicted octanol–water partition coefficient (Wildman–Crippen LogP) is 0.183. The summed E-state index contributed by atoms with van der Waals surface area (Å²) in [5.41, 5.74) is 4.73. The van der Waals surface area contributed by atoms with Gasteiger partial charge in [0.2, 0.25) is 5.96 Å². The monoisotopic (exact) mass is 207 g/mol. The van der Waals surface area contributed by atoms with Crippen molar-refractivity contribution in [2.75, 3.05) is 7.05 Å². The second-order valence-corrected chi connectivity index (χ2v) is 3.03. The van der Waals surface area contributed by atoms with Crippen LogP contribution in [0.5, 0.6) is 0 Å². The molecule has 0 saturated heterocycles. The Morgan fingerprint density at radius 2 is 2.40 bits per heavy atom. The fourth-order valence-electron chi connectivity index (χ4n) is 1.31. The summed E-state index contributed by atoms with van der Waals surface area (Å²) in [6.45, 7) is 2.73. The van der Waals surface area contributed by atoms with Crippen LogP contribution >= 0.6 is 0 Å². The van der Waals surface area contributed by atoms with Crippen LogP contribution in [0.25, 0.3) is 0 Å². The van der Waals surface area contributed by atoms with E-state index < -0.39 is 0 Å². The predicted molar refractivity (Wildman–Crippen MR) is 61.1 cm³/mol. The Balaban J connectivity index is 2.64. The molecule has 1 rings (SSSR count). The number of aryl methyl sites for hydroxylation is 1. The largest absolute Gasteiger partial charge is 0.350 e. The van der Waals surface area contributed by atoms with E-state index >= 15 is 0 Å². The van der Waals surface area contributed by atoms with Gasteiger partial charge < -0.3 is 5.32 Å². The number of hydrogen-bond donors (Lipinski definition) is 3. The topological polar surface area (TPSA) is 75.3 Å². The molecule has 5 nitrogen and oxygen atoms in total. The number of hydrogen-bond acceptors (Lipinski definition) is 3. The lowest BCUT2D eigenvalue weighted by molar-refractivity contribution is 0.804. The number of nitrogens with one attached hydrogen (secondary N) is 2. The van der Waals surface area contributed by atoms with Gasteiger partial charge in [0.1, 0.15) is 0 Å². The fraction of sp³-hybridized carbons (Fsp3) is 0.400. The SMILES string of the molecule is CCc1cccnc1CNC(=NC)NN. The molecule has 0 aliphatic heterocycles. The van der Waals surface area contributed by atoms with Crippen molar-refractivity contribution in [3.8, 4) is 0 Å². The van der Waals surface area contributed by atoms with E-state index in [1.807, 2.05) is 6.07 Å². The lowest BCUT2D eigenvalue weighted by Gasteiger charge is -2.10. The lowest BCUT2D eigenvalue weighted by atomic mass is 10.1. The maximum absolute atomic E-state index is 5.25. The normalized spacial score (nSPS) is 11.3. The highest BCUT2D eigenvalue weighted by Crippen LogP contribution is 2.05. The van der Waals surface area contributed by atoms with Gasteiger partial charge in [-0.1, -0.05) is 13.0 Å². The minimum atomic E-state index is 0.558. The Bertz CT molecular complexity index is 334. The van der Waals surface area contributed by atoms with E-state index in [0.717, 1.165) is 12.1 Å². The molecular weight excluding hydrogens is 190 g/mol. The van der Waals surface area contributed by atoms with Crippen LogP contribution in [-0.4, -0.2) is 18.0 Å². The van der Waals surface area contributed by atoms with Crippen LogP contribution in [0.4, 0.5) is 0 Å². The standard InChI is InChI=1S/C10H17N5/c1-3-8-5-4-6-13-9(8)7-14-10(12-2)15-11/h4-6H,3,7,11H2,1-2H3,(H2,12,14,15). The highest BCUT2D eigenvalue weighted by atomic mass is 15.3. The van der Waals surface area contributed by atoms with Gasteiger partial charge in [-0.3, -0.25) is 15.4 Å². The highest BCUT2D eigenvalue weighted by molar-refractivity contribution is 5.78. The summed E-state index contributed by atoms with van der Waals surface area (Å²) in [5, 5.41) is 3.06. The van der Waals surface area contributed by atoms with E-state index in [0.29, 0.717) is 12.5 Å². The Morgan fingerprint density at radius 3 is 3.00 bits per heavy atom. The molecule has 15 heavy (non-hydrogen) atoms. The zero-order chi connectivity index (χ0) is 11.1. The molecule has 0 spiro atoms. The van der Waals surface area contributed by atoms with E-state index in [9.17, 15) is 0 Å². The molecule has 0 amide bonds. The summed E-state index contributed by atoms with van der Waals surface area (Å²) >= 11 is 0. The van der Waals surface area contributed by atoms with Gasteiger partial charge in [0.05, 0.1) is 12.2 Å². The second-order valence-electron chi connectivity index (χ2n) is 3.03. The third-order valence-corrected chi connectivity index (χ3v) is 2.15. The Morgan fingerprint density at radius 1 is 1.60 bits per heavy atom. The number of aliphatic imine (C=N–C) groups is 1. The minimum Gasteiger partial charge on any atom is -0.350 e. The number of rotatable bonds is 3. The van der Waals surface area contributed by atoms with Crippen LogP contribution in [0.2, 0.25) is 0 Å².